The molecule has 0 amide bonds. The lowest BCUT2D eigenvalue weighted by atomic mass is 10.2. The molecule has 0 aromatic heterocycles. The van der Waals surface area contributed by atoms with Crippen molar-refractivity contribution >= 4 is 0 Å². The second-order valence-electron chi connectivity index (χ2n) is 3.93. The smallest absolute Gasteiger partial charge is 0.372 e. The number of nitrogens with one attached hydrogen (secondary N) is 1. The molecular formula is C12H14F5NO. The monoisotopic (exact) mass is 283 g/mol. The number of halogens is 5. The molecule has 0 heterocycles. The highest BCUT2D eigenvalue weighted by Crippen LogP contribution is 2.14. The van der Waals surface area contributed by atoms with Gasteiger partial charge in [0, 0.05) is 18.7 Å². The normalized spacial score (nSPS) is 11.8. The summed E-state index contributed by atoms with van der Waals surface area (Å²) in [4.78, 5) is 0. The second-order valence-corrected chi connectivity index (χ2v) is 3.93. The average Bonchev–Trinajstić information content (AvgIpc) is 2.31. The van der Waals surface area contributed by atoms with Crippen LogP contribution >= 0.6 is 0 Å². The molecule has 0 radical (unpaired) electrons. The Morgan fingerprint density at radius 1 is 1.16 bits per heavy atom. The van der Waals surface area contributed by atoms with Crippen molar-refractivity contribution in [3.8, 4) is 0 Å². The van der Waals surface area contributed by atoms with Gasteiger partial charge in [-0.3, -0.25) is 0 Å². The fourth-order valence-electron chi connectivity index (χ4n) is 1.39. The molecule has 1 N–H and O–H groups in total. The number of benzene rings is 1. The molecule has 0 aliphatic heterocycles. The van der Waals surface area contributed by atoms with Gasteiger partial charge in [0.05, 0.1) is 0 Å². The molecular weight excluding hydrogens is 269 g/mol. The first-order valence-corrected chi connectivity index (χ1v) is 5.67. The third-order valence-corrected chi connectivity index (χ3v) is 2.23. The first-order chi connectivity index (χ1) is 8.88. The molecule has 0 atom stereocenters. The van der Waals surface area contributed by atoms with Crippen LogP contribution in [0.1, 0.15) is 12.0 Å². The van der Waals surface area contributed by atoms with Crippen molar-refractivity contribution in [1.29, 1.82) is 0 Å². The molecule has 19 heavy (non-hydrogen) atoms. The molecule has 0 unspecified atom stereocenters. The summed E-state index contributed by atoms with van der Waals surface area (Å²) in [5.41, 5.74) is 0.177. The maximum atomic E-state index is 13.2. The van der Waals surface area contributed by atoms with Crippen molar-refractivity contribution in [3.63, 3.8) is 0 Å². The minimum absolute atomic E-state index is 0.0435. The molecule has 1 rings (SSSR count). The summed E-state index contributed by atoms with van der Waals surface area (Å²) in [7, 11) is 0. The molecule has 7 heteroatoms. The maximum Gasteiger partial charge on any atom is 0.411 e. The Morgan fingerprint density at radius 2 is 1.89 bits per heavy atom. The van der Waals surface area contributed by atoms with Crippen molar-refractivity contribution in [2.75, 3.05) is 19.8 Å². The van der Waals surface area contributed by atoms with Gasteiger partial charge in [0.25, 0.3) is 0 Å². The van der Waals surface area contributed by atoms with Gasteiger partial charge in [-0.15, -0.1) is 0 Å². The van der Waals surface area contributed by atoms with E-state index in [1.807, 2.05) is 0 Å². The minimum atomic E-state index is -4.32. The zero-order chi connectivity index (χ0) is 14.3. The lowest BCUT2D eigenvalue weighted by Crippen LogP contribution is -2.20. The standard InChI is InChI=1S/C12H14F5NO/c13-10-2-3-11(14)9(6-10)7-18-4-1-5-19-8-12(15,16)17/h2-3,6,18H,1,4-5,7-8H2. The summed E-state index contributed by atoms with van der Waals surface area (Å²) in [5, 5.41) is 2.80. The average molecular weight is 283 g/mol. The van der Waals surface area contributed by atoms with Crippen LogP contribution in [0, 0.1) is 11.6 Å². The molecule has 108 valence electrons. The fraction of sp³-hybridized carbons (Fsp3) is 0.500. The van der Waals surface area contributed by atoms with Crippen molar-refractivity contribution < 1.29 is 26.7 Å². The van der Waals surface area contributed by atoms with Crippen LogP contribution in [-0.4, -0.2) is 25.9 Å². The van der Waals surface area contributed by atoms with Gasteiger partial charge in [-0.1, -0.05) is 0 Å². The largest absolute Gasteiger partial charge is 0.411 e. The highest BCUT2D eigenvalue weighted by molar-refractivity contribution is 5.18. The number of hydrogen-bond acceptors (Lipinski definition) is 2. The van der Waals surface area contributed by atoms with Gasteiger partial charge in [0.2, 0.25) is 0 Å². The second kappa shape index (κ2) is 7.40. The van der Waals surface area contributed by atoms with Crippen LogP contribution in [0.5, 0.6) is 0 Å². The summed E-state index contributed by atoms with van der Waals surface area (Å²) in [6.45, 7) is -0.847. The van der Waals surface area contributed by atoms with Crippen molar-refractivity contribution in [2.24, 2.45) is 0 Å². The van der Waals surface area contributed by atoms with Crippen LogP contribution in [0.3, 0.4) is 0 Å². The number of ether oxygens (including phenoxy) is 1. The van der Waals surface area contributed by atoms with Gasteiger partial charge in [0.1, 0.15) is 18.2 Å². The highest BCUT2D eigenvalue weighted by atomic mass is 19.4. The third-order valence-electron chi connectivity index (χ3n) is 2.23. The van der Waals surface area contributed by atoms with Crippen LogP contribution in [0.25, 0.3) is 0 Å². The first-order valence-electron chi connectivity index (χ1n) is 5.67. The van der Waals surface area contributed by atoms with Crippen LogP contribution in [-0.2, 0) is 11.3 Å². The molecule has 0 spiro atoms. The van der Waals surface area contributed by atoms with E-state index in [1.165, 1.54) is 0 Å². The van der Waals surface area contributed by atoms with E-state index in [2.05, 4.69) is 10.1 Å². The van der Waals surface area contributed by atoms with Crippen LogP contribution in [0.2, 0.25) is 0 Å². The summed E-state index contributed by atoms with van der Waals surface area (Å²) in [6, 6.07) is 3.12. The Bertz CT molecular complexity index is 394. The predicted molar refractivity (Wildman–Crippen MR) is 59.6 cm³/mol. The lowest BCUT2D eigenvalue weighted by Gasteiger charge is -2.08. The molecule has 0 aliphatic carbocycles. The zero-order valence-corrected chi connectivity index (χ0v) is 10.1. The van der Waals surface area contributed by atoms with Crippen LogP contribution < -0.4 is 5.32 Å². The van der Waals surface area contributed by atoms with Gasteiger partial charge in [-0.05, 0) is 31.2 Å². The van der Waals surface area contributed by atoms with E-state index in [0.717, 1.165) is 18.2 Å². The summed E-state index contributed by atoms with van der Waals surface area (Å²) in [6.07, 6.45) is -3.97. The Balaban J connectivity index is 2.12. The molecule has 0 saturated heterocycles. The predicted octanol–water partition coefficient (Wildman–Crippen LogP) is 3.02. The molecule has 0 fully saturated rings. The molecule has 1 aromatic rings. The van der Waals surface area contributed by atoms with Gasteiger partial charge < -0.3 is 10.1 Å². The van der Waals surface area contributed by atoms with E-state index in [-0.39, 0.29) is 18.7 Å². The first kappa shape index (κ1) is 15.8. The van der Waals surface area contributed by atoms with Crippen LogP contribution in [0.4, 0.5) is 22.0 Å². The van der Waals surface area contributed by atoms with E-state index in [9.17, 15) is 22.0 Å². The van der Waals surface area contributed by atoms with E-state index in [4.69, 9.17) is 0 Å². The van der Waals surface area contributed by atoms with Gasteiger partial charge in [-0.2, -0.15) is 13.2 Å². The molecule has 1 aromatic carbocycles. The molecule has 2 nitrogen and oxygen atoms in total. The van der Waals surface area contributed by atoms with E-state index in [1.54, 1.807) is 0 Å². The minimum Gasteiger partial charge on any atom is -0.372 e. The highest BCUT2D eigenvalue weighted by Gasteiger charge is 2.27. The topological polar surface area (TPSA) is 21.3 Å². The van der Waals surface area contributed by atoms with Gasteiger partial charge in [0.15, 0.2) is 0 Å². The molecule has 0 saturated carbocycles. The fourth-order valence-corrected chi connectivity index (χ4v) is 1.39. The maximum absolute atomic E-state index is 13.2. The van der Waals surface area contributed by atoms with Crippen molar-refractivity contribution in [3.05, 3.63) is 35.4 Å². The summed E-state index contributed by atoms with van der Waals surface area (Å²) in [5.74, 6) is -1.06. The van der Waals surface area contributed by atoms with Crippen molar-refractivity contribution in [1.82, 2.24) is 5.32 Å². The van der Waals surface area contributed by atoms with Crippen molar-refractivity contribution in [2.45, 2.75) is 19.1 Å². The number of hydrogen-bond donors (Lipinski definition) is 1. The summed E-state index contributed by atoms with van der Waals surface area (Å²) < 4.78 is 65.5. The van der Waals surface area contributed by atoms with Gasteiger partial charge in [-0.25, -0.2) is 8.78 Å². The van der Waals surface area contributed by atoms with E-state index >= 15 is 0 Å². The molecule has 0 bridgehead atoms. The third kappa shape index (κ3) is 7.07. The Kier molecular flexibility index (Phi) is 6.17. The molecule has 0 aliphatic rings. The Morgan fingerprint density at radius 3 is 2.58 bits per heavy atom. The Labute approximate surface area is 107 Å². The summed E-state index contributed by atoms with van der Waals surface area (Å²) >= 11 is 0. The number of alkyl halides is 3. The zero-order valence-electron chi connectivity index (χ0n) is 10.1. The Hall–Kier alpha value is -1.21. The lowest BCUT2D eigenvalue weighted by molar-refractivity contribution is -0.173. The van der Waals surface area contributed by atoms with E-state index in [0.29, 0.717) is 13.0 Å². The van der Waals surface area contributed by atoms with Gasteiger partial charge >= 0.3 is 6.18 Å². The van der Waals surface area contributed by atoms with Crippen LogP contribution in [0.15, 0.2) is 18.2 Å². The number of rotatable bonds is 7. The van der Waals surface area contributed by atoms with E-state index < -0.39 is 24.4 Å². The SMILES string of the molecule is Fc1ccc(F)c(CNCCCOCC(F)(F)F)c1. The quantitative estimate of drug-likeness (QED) is 0.613.